The molecule has 0 saturated heterocycles. The highest BCUT2D eigenvalue weighted by Crippen LogP contribution is 2.31. The normalized spacial score (nSPS) is 14.5. The Labute approximate surface area is 211 Å². The number of nitrogens with one attached hydrogen (secondary N) is 1. The van der Waals surface area contributed by atoms with Gasteiger partial charge in [0.05, 0.1) is 12.0 Å². The van der Waals surface area contributed by atoms with Crippen LogP contribution in [0.25, 0.3) is 0 Å². The number of aryl methyl sites for hydroxylation is 1. The van der Waals surface area contributed by atoms with E-state index in [1.54, 1.807) is 4.90 Å². The van der Waals surface area contributed by atoms with Crippen molar-refractivity contribution >= 4 is 17.5 Å². The number of carbonyl (C=O) groups excluding carboxylic acids is 2. The van der Waals surface area contributed by atoms with Crippen molar-refractivity contribution in [3.63, 3.8) is 0 Å². The van der Waals surface area contributed by atoms with Crippen LogP contribution >= 0.6 is 0 Å². The number of ether oxygens (including phenoxy) is 2. The maximum Gasteiger partial charge on any atom is 0.311 e. The summed E-state index contributed by atoms with van der Waals surface area (Å²) in [5.41, 5.74) is 1.79. The van der Waals surface area contributed by atoms with Crippen LogP contribution in [0, 0.1) is 17.0 Å². The van der Waals surface area contributed by atoms with Crippen LogP contribution in [-0.2, 0) is 16.1 Å². The quantitative estimate of drug-likeness (QED) is 0.360. The van der Waals surface area contributed by atoms with Crippen molar-refractivity contribution in [1.82, 2.24) is 10.2 Å². The number of carbonyl (C=O) groups is 2. The molecule has 0 aromatic heterocycles. The van der Waals surface area contributed by atoms with Crippen LogP contribution in [-0.4, -0.2) is 47.4 Å². The molecule has 0 bridgehead atoms. The molecular weight excluding hydrogens is 462 g/mol. The zero-order valence-electron chi connectivity index (χ0n) is 21.2. The van der Waals surface area contributed by atoms with Gasteiger partial charge in [-0.05, 0) is 37.8 Å². The van der Waals surface area contributed by atoms with E-state index in [1.165, 1.54) is 31.7 Å². The Hall–Kier alpha value is -3.62. The summed E-state index contributed by atoms with van der Waals surface area (Å²) in [4.78, 5) is 38.9. The van der Waals surface area contributed by atoms with Crippen LogP contribution in [0.2, 0.25) is 0 Å². The summed E-state index contributed by atoms with van der Waals surface area (Å²) in [6, 6.07) is 11.4. The fourth-order valence-corrected chi connectivity index (χ4v) is 4.60. The molecule has 2 aromatic rings. The summed E-state index contributed by atoms with van der Waals surface area (Å²) in [7, 11) is 1.33. The molecule has 3 rings (SSSR count). The van der Waals surface area contributed by atoms with E-state index in [2.05, 4.69) is 5.32 Å². The number of rotatable bonds is 11. The summed E-state index contributed by atoms with van der Waals surface area (Å²) in [5.74, 6) is -0.192. The number of amides is 2. The lowest BCUT2D eigenvalue weighted by Crippen LogP contribution is -2.52. The minimum absolute atomic E-state index is 0.0415. The molecule has 1 aliphatic carbocycles. The fraction of sp³-hybridized carbons (Fsp3) is 0.481. The zero-order valence-corrected chi connectivity index (χ0v) is 21.2. The molecule has 36 heavy (non-hydrogen) atoms. The first-order valence-electron chi connectivity index (χ1n) is 12.4. The van der Waals surface area contributed by atoms with Gasteiger partial charge >= 0.3 is 5.69 Å². The van der Waals surface area contributed by atoms with Crippen LogP contribution in [0.15, 0.2) is 42.5 Å². The van der Waals surface area contributed by atoms with Crippen LogP contribution in [0.4, 0.5) is 5.69 Å². The van der Waals surface area contributed by atoms with Gasteiger partial charge in [0.2, 0.25) is 11.7 Å². The Balaban J connectivity index is 1.78. The molecule has 0 unspecified atom stereocenters. The second-order valence-corrected chi connectivity index (χ2v) is 9.16. The second kappa shape index (κ2) is 12.9. The van der Waals surface area contributed by atoms with E-state index in [0.717, 1.165) is 36.8 Å². The van der Waals surface area contributed by atoms with Gasteiger partial charge in [-0.15, -0.1) is 0 Å². The van der Waals surface area contributed by atoms with E-state index >= 15 is 0 Å². The van der Waals surface area contributed by atoms with E-state index < -0.39 is 11.0 Å². The smallest absolute Gasteiger partial charge is 0.311 e. The Morgan fingerprint density at radius 2 is 1.92 bits per heavy atom. The molecule has 1 saturated carbocycles. The van der Waals surface area contributed by atoms with Crippen LogP contribution in [0.5, 0.6) is 11.5 Å². The third-order valence-corrected chi connectivity index (χ3v) is 6.48. The number of benzene rings is 2. The second-order valence-electron chi connectivity index (χ2n) is 9.16. The first kappa shape index (κ1) is 27.0. The summed E-state index contributed by atoms with van der Waals surface area (Å²) in [6.07, 6.45) is 5.76. The lowest BCUT2D eigenvalue weighted by molar-refractivity contribution is -0.385. The van der Waals surface area contributed by atoms with Crippen molar-refractivity contribution in [1.29, 1.82) is 0 Å². The average molecular weight is 498 g/mol. The lowest BCUT2D eigenvalue weighted by atomic mass is 9.95. The molecule has 9 heteroatoms. The third-order valence-electron chi connectivity index (χ3n) is 6.48. The lowest BCUT2D eigenvalue weighted by Gasteiger charge is -2.32. The predicted molar refractivity (Wildman–Crippen MR) is 136 cm³/mol. The molecule has 9 nitrogen and oxygen atoms in total. The number of nitro benzene ring substituents is 1. The molecule has 1 atom stereocenters. The van der Waals surface area contributed by atoms with Gasteiger partial charge in [-0.1, -0.05) is 56.0 Å². The van der Waals surface area contributed by atoms with Crippen LogP contribution in [0.3, 0.4) is 0 Å². The van der Waals surface area contributed by atoms with Gasteiger partial charge in [-0.3, -0.25) is 19.7 Å². The first-order chi connectivity index (χ1) is 17.3. The SMILES string of the molecule is CC[C@@H](C(=O)NC1CCCCC1)N(Cc1cccc(C)c1)C(=O)COc1ccc([N+](=O)[O-])c(OC)c1. The average Bonchev–Trinajstić information content (AvgIpc) is 2.87. The largest absolute Gasteiger partial charge is 0.490 e. The van der Waals surface area contributed by atoms with Gasteiger partial charge in [0.25, 0.3) is 5.91 Å². The van der Waals surface area contributed by atoms with Gasteiger partial charge in [0.15, 0.2) is 6.61 Å². The summed E-state index contributed by atoms with van der Waals surface area (Å²) in [6.45, 7) is 3.82. The summed E-state index contributed by atoms with van der Waals surface area (Å²) >= 11 is 0. The minimum atomic E-state index is -0.644. The van der Waals surface area contributed by atoms with Gasteiger partial charge in [0, 0.05) is 24.7 Å². The molecule has 194 valence electrons. The molecule has 0 aliphatic heterocycles. The van der Waals surface area contributed by atoms with Gasteiger partial charge in [0.1, 0.15) is 11.8 Å². The molecule has 0 heterocycles. The van der Waals surface area contributed by atoms with Crippen molar-refractivity contribution < 1.29 is 24.0 Å². The molecule has 0 spiro atoms. The topological polar surface area (TPSA) is 111 Å². The Morgan fingerprint density at radius 3 is 2.56 bits per heavy atom. The van der Waals surface area contributed by atoms with Crippen molar-refractivity contribution in [2.24, 2.45) is 0 Å². The predicted octanol–water partition coefficient (Wildman–Crippen LogP) is 4.55. The highest BCUT2D eigenvalue weighted by Gasteiger charge is 2.30. The summed E-state index contributed by atoms with van der Waals surface area (Å²) < 4.78 is 10.8. The van der Waals surface area contributed by atoms with E-state index in [1.807, 2.05) is 38.1 Å². The monoisotopic (exact) mass is 497 g/mol. The number of hydrogen-bond donors (Lipinski definition) is 1. The van der Waals surface area contributed by atoms with E-state index in [0.29, 0.717) is 6.42 Å². The zero-order chi connectivity index (χ0) is 26.1. The number of hydrogen-bond acceptors (Lipinski definition) is 6. The van der Waals surface area contributed by atoms with E-state index in [4.69, 9.17) is 9.47 Å². The Bertz CT molecular complexity index is 1070. The highest BCUT2D eigenvalue weighted by atomic mass is 16.6. The first-order valence-corrected chi connectivity index (χ1v) is 12.4. The fourth-order valence-electron chi connectivity index (χ4n) is 4.60. The molecule has 0 radical (unpaired) electrons. The molecule has 2 amide bonds. The Kier molecular flexibility index (Phi) is 9.67. The van der Waals surface area contributed by atoms with E-state index in [9.17, 15) is 19.7 Å². The maximum absolute atomic E-state index is 13.4. The van der Waals surface area contributed by atoms with Crippen molar-refractivity contribution in [3.8, 4) is 11.5 Å². The van der Waals surface area contributed by atoms with Gasteiger partial charge < -0.3 is 19.7 Å². The van der Waals surface area contributed by atoms with E-state index in [-0.39, 0.29) is 48.2 Å². The third kappa shape index (κ3) is 7.19. The highest BCUT2D eigenvalue weighted by molar-refractivity contribution is 5.88. The maximum atomic E-state index is 13.4. The molecule has 2 aromatic carbocycles. The molecule has 1 fully saturated rings. The number of nitrogens with zero attached hydrogens (tertiary/aromatic N) is 2. The standard InChI is InChI=1S/C27H35N3O6/c1-4-23(27(32)28-21-11-6-5-7-12-21)29(17-20-10-8-9-19(2)15-20)26(31)18-36-22-13-14-24(30(33)34)25(16-22)35-3/h8-10,13-16,21,23H,4-7,11-12,17-18H2,1-3H3,(H,28,32)/t23-/m0/s1. The van der Waals surface area contributed by atoms with Crippen LogP contribution < -0.4 is 14.8 Å². The van der Waals surface area contributed by atoms with Crippen LogP contribution in [0.1, 0.15) is 56.6 Å². The molecular formula is C27H35N3O6. The van der Waals surface area contributed by atoms with Gasteiger partial charge in [-0.2, -0.15) is 0 Å². The minimum Gasteiger partial charge on any atom is -0.490 e. The number of nitro groups is 1. The van der Waals surface area contributed by atoms with Crippen molar-refractivity contribution in [3.05, 3.63) is 63.7 Å². The number of methoxy groups -OCH3 is 1. The molecule has 1 aliphatic rings. The van der Waals surface area contributed by atoms with Crippen molar-refractivity contribution in [2.45, 2.75) is 71.0 Å². The van der Waals surface area contributed by atoms with Crippen molar-refractivity contribution in [2.75, 3.05) is 13.7 Å². The molecule has 1 N–H and O–H groups in total. The van der Waals surface area contributed by atoms with Gasteiger partial charge in [-0.25, -0.2) is 0 Å². The Morgan fingerprint density at radius 1 is 1.17 bits per heavy atom. The summed E-state index contributed by atoms with van der Waals surface area (Å²) in [5, 5.41) is 14.3.